The van der Waals surface area contributed by atoms with E-state index >= 15 is 0 Å². The fourth-order valence-corrected chi connectivity index (χ4v) is 2.70. The minimum absolute atomic E-state index is 0.0225. The van der Waals surface area contributed by atoms with E-state index in [1.165, 1.54) is 42.0 Å². The van der Waals surface area contributed by atoms with E-state index in [0.29, 0.717) is 5.82 Å². The lowest BCUT2D eigenvalue weighted by molar-refractivity contribution is -0.391. The van der Waals surface area contributed by atoms with Crippen molar-refractivity contribution in [2.24, 2.45) is 7.05 Å². The molecule has 2 heterocycles. The average molecular weight is 312 g/mol. The topological polar surface area (TPSA) is 88.3 Å². The van der Waals surface area contributed by atoms with Crippen molar-refractivity contribution in [3.05, 3.63) is 27.5 Å². The van der Waals surface area contributed by atoms with Crippen LogP contribution in [0.15, 0.2) is 11.6 Å². The molecule has 0 atom stereocenters. The van der Waals surface area contributed by atoms with Crippen LogP contribution in [0, 0.1) is 10.1 Å². The molecule has 2 N–H and O–H groups in total. The standard InChI is InChI=1S/C12H20N6O2S/c1-3-4-5-6-7-14-17-10(9-21-15-17)12-13-8-11(16(12)2)18(19)20/h8-9,14-15H,3-7H2,1-2H3. The summed E-state index contributed by atoms with van der Waals surface area (Å²) in [6, 6.07) is 0. The lowest BCUT2D eigenvalue weighted by Crippen LogP contribution is -2.41. The highest BCUT2D eigenvalue weighted by molar-refractivity contribution is 8.00. The maximum atomic E-state index is 10.9. The molecular weight excluding hydrogens is 292 g/mol. The number of nitrogens with zero attached hydrogens (tertiary/aromatic N) is 4. The van der Waals surface area contributed by atoms with E-state index in [9.17, 15) is 10.1 Å². The smallest absolute Gasteiger partial charge is 0.342 e. The Hall–Kier alpha value is -1.58. The molecule has 1 aromatic rings. The van der Waals surface area contributed by atoms with E-state index < -0.39 is 4.92 Å². The van der Waals surface area contributed by atoms with Crippen molar-refractivity contribution >= 4 is 23.5 Å². The van der Waals surface area contributed by atoms with Gasteiger partial charge in [0, 0.05) is 12.0 Å². The first-order valence-corrected chi connectivity index (χ1v) is 7.84. The van der Waals surface area contributed by atoms with Crippen molar-refractivity contribution in [2.75, 3.05) is 6.54 Å². The molecule has 0 saturated heterocycles. The van der Waals surface area contributed by atoms with Crippen molar-refractivity contribution in [1.29, 1.82) is 0 Å². The number of imidazole rings is 1. The molecular formula is C12H20N6O2S. The fraction of sp³-hybridized carbons (Fsp3) is 0.583. The molecule has 0 unspecified atom stereocenters. The molecule has 116 valence electrons. The SMILES string of the molecule is CCCCCCNN1NSC=C1c1ncc([N+](=O)[O-])n1C. The Balaban J connectivity index is 1.97. The van der Waals surface area contributed by atoms with Gasteiger partial charge in [-0.25, -0.2) is 20.1 Å². The summed E-state index contributed by atoms with van der Waals surface area (Å²) in [6.45, 7) is 3.03. The van der Waals surface area contributed by atoms with Crippen molar-refractivity contribution in [3.8, 4) is 0 Å². The molecule has 1 aliphatic heterocycles. The van der Waals surface area contributed by atoms with Gasteiger partial charge >= 0.3 is 5.82 Å². The summed E-state index contributed by atoms with van der Waals surface area (Å²) >= 11 is 1.41. The normalized spacial score (nSPS) is 14.6. The molecule has 2 rings (SSSR count). The van der Waals surface area contributed by atoms with Crippen molar-refractivity contribution in [3.63, 3.8) is 0 Å². The maximum Gasteiger partial charge on any atom is 0.342 e. The van der Waals surface area contributed by atoms with Gasteiger partial charge in [-0.15, -0.1) is 0 Å². The number of hydrogen-bond donors (Lipinski definition) is 2. The van der Waals surface area contributed by atoms with Crippen LogP contribution in [-0.4, -0.2) is 26.1 Å². The van der Waals surface area contributed by atoms with Crippen LogP contribution >= 0.6 is 11.9 Å². The predicted molar refractivity (Wildman–Crippen MR) is 82.5 cm³/mol. The van der Waals surface area contributed by atoms with Crippen LogP contribution in [0.2, 0.25) is 0 Å². The number of nitro groups is 1. The van der Waals surface area contributed by atoms with E-state index in [1.54, 1.807) is 12.2 Å². The van der Waals surface area contributed by atoms with Gasteiger partial charge in [0.15, 0.2) is 0 Å². The van der Waals surface area contributed by atoms with Crippen molar-refractivity contribution < 1.29 is 4.92 Å². The summed E-state index contributed by atoms with van der Waals surface area (Å²) < 4.78 is 1.48. The number of rotatable bonds is 8. The largest absolute Gasteiger partial charge is 0.358 e. The van der Waals surface area contributed by atoms with Gasteiger partial charge in [0.2, 0.25) is 5.82 Å². The lowest BCUT2D eigenvalue weighted by Gasteiger charge is -2.20. The maximum absolute atomic E-state index is 10.9. The van der Waals surface area contributed by atoms with E-state index in [0.717, 1.165) is 18.7 Å². The second kappa shape index (κ2) is 7.43. The summed E-state index contributed by atoms with van der Waals surface area (Å²) in [5.41, 5.74) is 4.05. The first kappa shape index (κ1) is 15.8. The first-order valence-electron chi connectivity index (χ1n) is 6.96. The summed E-state index contributed by atoms with van der Waals surface area (Å²) in [7, 11) is 1.64. The zero-order valence-electron chi connectivity index (χ0n) is 12.2. The Morgan fingerprint density at radius 1 is 1.48 bits per heavy atom. The molecule has 0 fully saturated rings. The number of hydrogen-bond acceptors (Lipinski definition) is 7. The van der Waals surface area contributed by atoms with Gasteiger partial charge in [0.05, 0.1) is 7.05 Å². The van der Waals surface area contributed by atoms with Crippen LogP contribution in [0.5, 0.6) is 0 Å². The monoisotopic (exact) mass is 312 g/mol. The zero-order chi connectivity index (χ0) is 15.2. The fourth-order valence-electron chi connectivity index (χ4n) is 2.06. The molecule has 21 heavy (non-hydrogen) atoms. The Morgan fingerprint density at radius 3 is 2.95 bits per heavy atom. The highest BCUT2D eigenvalue weighted by Gasteiger charge is 2.26. The Bertz CT molecular complexity index is 530. The molecule has 0 amide bonds. The lowest BCUT2D eigenvalue weighted by atomic mass is 10.2. The molecule has 0 saturated carbocycles. The Morgan fingerprint density at radius 2 is 2.29 bits per heavy atom. The summed E-state index contributed by atoms with van der Waals surface area (Å²) in [6.07, 6.45) is 6.00. The molecule has 0 aliphatic carbocycles. The highest BCUT2D eigenvalue weighted by atomic mass is 32.2. The summed E-state index contributed by atoms with van der Waals surface area (Å²) in [5, 5.41) is 14.5. The third-order valence-electron chi connectivity index (χ3n) is 3.24. The predicted octanol–water partition coefficient (Wildman–Crippen LogP) is 2.18. The molecule has 8 nitrogen and oxygen atoms in total. The second-order valence-electron chi connectivity index (χ2n) is 4.77. The van der Waals surface area contributed by atoms with Crippen LogP contribution in [0.3, 0.4) is 0 Å². The number of hydrazine groups is 2. The summed E-state index contributed by atoms with van der Waals surface area (Å²) in [5.74, 6) is 0.533. The van der Waals surface area contributed by atoms with Crippen LogP contribution in [0.1, 0.15) is 38.4 Å². The number of unbranched alkanes of at least 4 members (excludes halogenated alkanes) is 3. The molecule has 1 aromatic heterocycles. The van der Waals surface area contributed by atoms with E-state index in [1.807, 2.05) is 5.41 Å². The number of nitrogens with one attached hydrogen (secondary N) is 2. The van der Waals surface area contributed by atoms with Crippen LogP contribution in [-0.2, 0) is 7.05 Å². The van der Waals surface area contributed by atoms with E-state index in [4.69, 9.17) is 0 Å². The van der Waals surface area contributed by atoms with Crippen LogP contribution in [0.25, 0.3) is 5.70 Å². The summed E-state index contributed by atoms with van der Waals surface area (Å²) in [4.78, 5) is 17.7. The molecule has 0 bridgehead atoms. The van der Waals surface area contributed by atoms with Gasteiger partial charge in [0.25, 0.3) is 0 Å². The molecule has 9 heteroatoms. The number of aromatic nitrogens is 2. The quantitative estimate of drug-likeness (QED) is 0.329. The van der Waals surface area contributed by atoms with Gasteiger partial charge in [-0.3, -0.25) is 0 Å². The van der Waals surface area contributed by atoms with Gasteiger partial charge < -0.3 is 10.1 Å². The highest BCUT2D eigenvalue weighted by Crippen LogP contribution is 2.26. The third kappa shape index (κ3) is 3.74. The minimum Gasteiger partial charge on any atom is -0.358 e. The van der Waals surface area contributed by atoms with E-state index in [-0.39, 0.29) is 5.82 Å². The van der Waals surface area contributed by atoms with Crippen LogP contribution in [0.4, 0.5) is 5.82 Å². The molecule has 1 aliphatic rings. The third-order valence-corrected chi connectivity index (χ3v) is 3.86. The van der Waals surface area contributed by atoms with Gasteiger partial charge in [-0.1, -0.05) is 26.2 Å². The van der Waals surface area contributed by atoms with E-state index in [2.05, 4.69) is 22.2 Å². The Kier molecular flexibility index (Phi) is 5.59. The molecule has 0 radical (unpaired) electrons. The Labute approximate surface area is 127 Å². The van der Waals surface area contributed by atoms with Gasteiger partial charge in [0.1, 0.15) is 11.9 Å². The van der Waals surface area contributed by atoms with Crippen molar-refractivity contribution in [2.45, 2.75) is 32.6 Å². The molecule has 0 spiro atoms. The van der Waals surface area contributed by atoms with Crippen LogP contribution < -0.4 is 10.3 Å². The van der Waals surface area contributed by atoms with Gasteiger partial charge in [-0.2, -0.15) is 4.83 Å². The van der Waals surface area contributed by atoms with Gasteiger partial charge in [-0.05, 0) is 23.3 Å². The minimum atomic E-state index is -0.435. The first-order chi connectivity index (χ1) is 10.1. The zero-order valence-corrected chi connectivity index (χ0v) is 13.0. The second-order valence-corrected chi connectivity index (χ2v) is 5.43. The average Bonchev–Trinajstić information content (AvgIpc) is 3.04. The molecule has 0 aromatic carbocycles. The van der Waals surface area contributed by atoms with Crippen molar-refractivity contribution in [1.82, 2.24) is 24.9 Å².